The number of hydrogen-bond acceptors (Lipinski definition) is 0. The Kier molecular flexibility index (Phi) is 425. The minimum Gasteiger partial charge on any atom is -0.107 e. The minimum atomic E-state index is 0. The van der Waals surface area contributed by atoms with Crippen LogP contribution in [0, 0.1) is 0 Å². The molecule has 0 aliphatic rings. The Morgan fingerprint density at radius 1 is 0.600 bits per heavy atom. The molecule has 0 aliphatic carbocycles. The molecule has 0 aromatic rings. The van der Waals surface area contributed by atoms with E-state index >= 15 is 0 Å². The molecule has 1 heteroatoms. The molecule has 0 fully saturated rings. The van der Waals surface area contributed by atoms with Gasteiger partial charge in [0.2, 0.25) is 0 Å². The average Bonchev–Trinajstić information content (AvgIpc) is 1.50. The zero-order chi connectivity index (χ0) is 4.00. The van der Waals surface area contributed by atoms with Crippen LogP contribution in [0.2, 0.25) is 0 Å². The lowest BCUT2D eigenvalue weighted by Crippen LogP contribution is -0.856. The van der Waals surface area contributed by atoms with Gasteiger partial charge in [0.25, 0.3) is 0 Å². The van der Waals surface area contributed by atoms with E-state index in [0.717, 1.165) is 0 Å². The second-order valence-corrected chi connectivity index (χ2v) is 0. The summed E-state index contributed by atoms with van der Waals surface area (Å²) < 4.78 is 0. The van der Waals surface area contributed by atoms with E-state index in [1.165, 1.54) is 0 Å². The van der Waals surface area contributed by atoms with Crippen molar-refractivity contribution in [1.82, 2.24) is 0 Å². The maximum atomic E-state index is 2.00. The Labute approximate surface area is 52.0 Å². The largest absolute Gasteiger partial charge is 0.107 e. The van der Waals surface area contributed by atoms with Crippen molar-refractivity contribution < 1.29 is 0 Å². The third-order valence-corrected chi connectivity index (χ3v) is 0. The summed E-state index contributed by atoms with van der Waals surface area (Å²) in [4.78, 5) is 0. The molecule has 0 N–H and O–H groups in total. The fourth-order valence-electron chi connectivity index (χ4n) is 0. The highest BCUT2D eigenvalue weighted by atomic mass is 127. The quantitative estimate of drug-likeness (QED) is 0.512. The Balaban J connectivity index is -0.0000000133. The molecule has 0 heterocycles. The Morgan fingerprint density at radius 3 is 0.600 bits per heavy atom. The van der Waals surface area contributed by atoms with Crippen molar-refractivity contribution in [2.45, 2.75) is 27.7 Å². The maximum Gasteiger partial charge on any atom is -0.0683 e. The summed E-state index contributed by atoms with van der Waals surface area (Å²) in [5.74, 6) is 0. The van der Waals surface area contributed by atoms with Crippen LogP contribution in [-0.4, -0.2) is 0 Å². The molecule has 0 aromatic heterocycles. The van der Waals surface area contributed by atoms with Gasteiger partial charge in [-0.3, -0.25) is 0 Å². The monoisotopic (exact) mass is 188 g/mol. The fraction of sp³-hybridized carbons (Fsp3) is 1.00. The highest BCUT2D eigenvalue weighted by Crippen LogP contribution is 1.15. The molecule has 0 nitrogen and oxygen atoms in total. The van der Waals surface area contributed by atoms with Gasteiger partial charge in [0.05, 0.1) is 0 Å². The smallest absolute Gasteiger partial charge is 0.0683 e. The molecule has 0 bridgehead atoms. The molecule has 0 amide bonds. The van der Waals surface area contributed by atoms with Crippen molar-refractivity contribution in [3.63, 3.8) is 0 Å². The van der Waals surface area contributed by atoms with Gasteiger partial charge in [-0.25, -0.2) is 0 Å². The fourth-order valence-corrected chi connectivity index (χ4v) is 0. The summed E-state index contributed by atoms with van der Waals surface area (Å²) in [6.45, 7) is 8.00. The van der Waals surface area contributed by atoms with Gasteiger partial charge in [0.15, 0.2) is 0 Å². The highest BCUT2D eigenvalue weighted by Gasteiger charge is 0.934. The molecule has 0 saturated heterocycles. The van der Waals surface area contributed by atoms with E-state index in [1.54, 1.807) is 0 Å². The Bertz CT molecular complexity index is 3.61. The van der Waals surface area contributed by atoms with Crippen LogP contribution in [0.4, 0.5) is 0 Å². The lowest BCUT2D eigenvalue weighted by molar-refractivity contribution is 1.50. The summed E-state index contributed by atoms with van der Waals surface area (Å²) >= 11 is 0. The average molecular weight is 188 g/mol. The summed E-state index contributed by atoms with van der Waals surface area (Å²) in [6.07, 6.45) is 0. The zero-order valence-corrected chi connectivity index (χ0v) is 6.74. The van der Waals surface area contributed by atoms with Gasteiger partial charge < -0.3 is 0 Å². The molecule has 0 aromatic carbocycles. The molecule has 0 unspecified atom stereocenters. The van der Waals surface area contributed by atoms with Crippen molar-refractivity contribution in [2.75, 3.05) is 0 Å². The first-order valence-corrected chi connectivity index (χ1v) is 2.00. The highest BCUT2D eigenvalue weighted by molar-refractivity contribution is 14.0. The summed E-state index contributed by atoms with van der Waals surface area (Å²) in [5, 5.41) is 0. The second-order valence-electron chi connectivity index (χ2n) is 0. The van der Waals surface area contributed by atoms with Gasteiger partial charge in [0, 0.05) is 0 Å². The molecule has 0 aliphatic heterocycles. The molecular formula is C4H13I. The zero-order valence-electron chi connectivity index (χ0n) is 4.41. The first-order chi connectivity index (χ1) is 2.00. The first-order valence-electron chi connectivity index (χ1n) is 2.00. The maximum absolute atomic E-state index is 2.00. The van der Waals surface area contributed by atoms with E-state index in [9.17, 15) is 0 Å². The van der Waals surface area contributed by atoms with Crippen LogP contribution in [0.5, 0.6) is 0 Å². The van der Waals surface area contributed by atoms with Crippen LogP contribution >= 0.6 is 24.0 Å². The SMILES string of the molecule is CC.CC.I. The van der Waals surface area contributed by atoms with Gasteiger partial charge in [0.1, 0.15) is 0 Å². The summed E-state index contributed by atoms with van der Waals surface area (Å²) in [6, 6.07) is 0. The lowest BCUT2D eigenvalue weighted by atomic mass is 11.0. The Hall–Kier alpha value is 0.730. The number of hydrogen-bond donors (Lipinski definition) is 0. The van der Waals surface area contributed by atoms with Gasteiger partial charge in [-0.2, -0.15) is 0 Å². The normalized spacial score (nSPS) is 2.40. The predicted octanol–water partition coefficient (Wildman–Crippen LogP) is 2.67. The van der Waals surface area contributed by atoms with Gasteiger partial charge in [-0.1, -0.05) is 27.7 Å². The number of halogens is 1. The third kappa shape index (κ3) is 66.2. The van der Waals surface area contributed by atoms with Crippen LogP contribution in [0.15, 0.2) is 0 Å². The first kappa shape index (κ1) is 17.2. The molecule has 0 spiro atoms. The summed E-state index contributed by atoms with van der Waals surface area (Å²) in [5.41, 5.74) is 0. The lowest BCUT2D eigenvalue weighted by Gasteiger charge is -1.07. The predicted molar refractivity (Wildman–Crippen MR) is 38.1 cm³/mol. The van der Waals surface area contributed by atoms with Crippen molar-refractivity contribution >= 4 is 24.0 Å². The standard InChI is InChI=1S/2C2H6.HI/c2*1-2;/h2*1-2H3;1H. The summed E-state index contributed by atoms with van der Waals surface area (Å²) in [7, 11) is 0. The van der Waals surface area contributed by atoms with E-state index in [-0.39, 0.29) is 24.0 Å². The van der Waals surface area contributed by atoms with E-state index < -0.39 is 0 Å². The molecule has 0 saturated carbocycles. The van der Waals surface area contributed by atoms with Gasteiger partial charge >= 0.3 is 0 Å². The second kappa shape index (κ2) is 123. The van der Waals surface area contributed by atoms with Crippen molar-refractivity contribution in [1.29, 1.82) is 0 Å². The van der Waals surface area contributed by atoms with Crippen molar-refractivity contribution in [2.24, 2.45) is 0 Å². The van der Waals surface area contributed by atoms with Gasteiger partial charge in [-0.15, -0.1) is 24.0 Å². The van der Waals surface area contributed by atoms with Crippen LogP contribution in [0.25, 0.3) is 0 Å². The van der Waals surface area contributed by atoms with E-state index in [4.69, 9.17) is 0 Å². The minimum absolute atomic E-state index is 0. The van der Waals surface area contributed by atoms with E-state index in [1.807, 2.05) is 27.7 Å². The molecular weight excluding hydrogens is 175 g/mol. The molecule has 0 radical (unpaired) electrons. The van der Waals surface area contributed by atoms with Crippen LogP contribution in [-0.2, 0) is 0 Å². The van der Waals surface area contributed by atoms with Crippen molar-refractivity contribution in [3.8, 4) is 0 Å². The molecule has 0 atom stereocenters. The van der Waals surface area contributed by atoms with Crippen LogP contribution < -0.4 is 0 Å². The van der Waals surface area contributed by atoms with Crippen LogP contribution in [0.3, 0.4) is 0 Å². The Morgan fingerprint density at radius 2 is 0.600 bits per heavy atom. The van der Waals surface area contributed by atoms with E-state index in [0.29, 0.717) is 0 Å². The topological polar surface area (TPSA) is 0 Å². The van der Waals surface area contributed by atoms with Crippen LogP contribution in [0.1, 0.15) is 27.7 Å². The third-order valence-electron chi connectivity index (χ3n) is 0. The van der Waals surface area contributed by atoms with E-state index in [2.05, 4.69) is 0 Å². The van der Waals surface area contributed by atoms with Crippen molar-refractivity contribution in [3.05, 3.63) is 0 Å². The molecule has 36 valence electrons. The van der Waals surface area contributed by atoms with Gasteiger partial charge in [-0.05, 0) is 0 Å². The molecule has 5 heavy (non-hydrogen) atoms. The number of rotatable bonds is 0. The molecule has 0 rings (SSSR count).